The second-order valence-electron chi connectivity index (χ2n) is 8.35. The molecule has 0 bridgehead atoms. The predicted octanol–water partition coefficient (Wildman–Crippen LogP) is 6.37. The summed E-state index contributed by atoms with van der Waals surface area (Å²) in [6, 6.07) is 11.8. The Hall–Kier alpha value is -3.54. The van der Waals surface area contributed by atoms with Gasteiger partial charge in [0, 0.05) is 0 Å². The second kappa shape index (κ2) is 12.6. The smallest absolute Gasteiger partial charge is 0.347 e. The minimum absolute atomic E-state index is 0.0270. The molecule has 0 amide bonds. The molecule has 0 saturated carbocycles. The number of phenols is 1. The first-order chi connectivity index (χ1) is 16.5. The monoisotopic (exact) mass is 464 g/mol. The van der Waals surface area contributed by atoms with Crippen LogP contribution in [0.2, 0.25) is 0 Å². The van der Waals surface area contributed by atoms with Gasteiger partial charge in [-0.3, -0.25) is 0 Å². The molecule has 0 aliphatic heterocycles. The highest BCUT2D eigenvalue weighted by molar-refractivity contribution is 6.03. The first-order valence-electron chi connectivity index (χ1n) is 11.9. The molecule has 2 N–H and O–H groups in total. The Morgan fingerprint density at radius 2 is 1.79 bits per heavy atom. The largest absolute Gasteiger partial charge is 0.508 e. The Morgan fingerprint density at radius 1 is 1.00 bits per heavy atom. The third kappa shape index (κ3) is 6.73. The lowest BCUT2D eigenvalue weighted by atomic mass is 10.1. The molecule has 6 heteroatoms. The highest BCUT2D eigenvalue weighted by atomic mass is 16.5. The van der Waals surface area contributed by atoms with E-state index in [9.17, 15) is 19.8 Å². The average Bonchev–Trinajstić information content (AvgIpc) is 2.83. The maximum atomic E-state index is 12.6. The van der Waals surface area contributed by atoms with E-state index in [4.69, 9.17) is 9.15 Å². The highest BCUT2D eigenvalue weighted by Crippen LogP contribution is 2.29. The van der Waals surface area contributed by atoms with Gasteiger partial charge in [0.05, 0.1) is 12.0 Å². The van der Waals surface area contributed by atoms with Crippen LogP contribution in [0.15, 0.2) is 57.8 Å². The van der Waals surface area contributed by atoms with Crippen molar-refractivity contribution in [2.24, 2.45) is 0 Å². The van der Waals surface area contributed by atoms with Crippen LogP contribution in [0.1, 0.15) is 73.4 Å². The standard InChI is InChI=1S/C28H32O6/c1-2-3-4-5-6-7-12-23-25(30)22-13-10-14-24(26(22)34-28(23)32)27(31)33-19-9-8-11-20-15-17-21(29)18-16-20/h7,10,12-18,29-30H,2-6,8-9,11,19H2,1H3. The maximum Gasteiger partial charge on any atom is 0.347 e. The van der Waals surface area contributed by atoms with E-state index < -0.39 is 11.6 Å². The van der Waals surface area contributed by atoms with E-state index in [1.165, 1.54) is 12.5 Å². The van der Waals surface area contributed by atoms with Gasteiger partial charge >= 0.3 is 11.6 Å². The van der Waals surface area contributed by atoms with Crippen LogP contribution in [-0.2, 0) is 11.2 Å². The van der Waals surface area contributed by atoms with Crippen molar-refractivity contribution in [1.29, 1.82) is 0 Å². The molecule has 3 aromatic rings. The molecule has 0 unspecified atom stereocenters. The fourth-order valence-corrected chi connectivity index (χ4v) is 3.76. The number of benzene rings is 2. The number of aromatic hydroxyl groups is 2. The van der Waals surface area contributed by atoms with Crippen molar-refractivity contribution in [1.82, 2.24) is 0 Å². The molecule has 0 saturated heterocycles. The van der Waals surface area contributed by atoms with Gasteiger partial charge in [0.15, 0.2) is 5.58 Å². The van der Waals surface area contributed by atoms with Crippen molar-refractivity contribution < 1.29 is 24.2 Å². The zero-order chi connectivity index (χ0) is 24.3. The third-order valence-corrected chi connectivity index (χ3v) is 5.70. The van der Waals surface area contributed by atoms with E-state index in [1.807, 2.05) is 18.2 Å². The number of ether oxygens (including phenoxy) is 1. The van der Waals surface area contributed by atoms with Gasteiger partial charge in [0.2, 0.25) is 0 Å². The number of phenolic OH excluding ortho intramolecular Hbond substituents is 1. The molecule has 180 valence electrons. The van der Waals surface area contributed by atoms with Gasteiger partial charge in [-0.05, 0) is 68.0 Å². The highest BCUT2D eigenvalue weighted by Gasteiger charge is 2.19. The molecule has 0 spiro atoms. The summed E-state index contributed by atoms with van der Waals surface area (Å²) in [4.78, 5) is 25.1. The lowest BCUT2D eigenvalue weighted by molar-refractivity contribution is 0.0499. The fraction of sp³-hybridized carbons (Fsp3) is 0.357. The first kappa shape index (κ1) is 25.1. The van der Waals surface area contributed by atoms with Crippen LogP contribution in [0.25, 0.3) is 17.0 Å². The van der Waals surface area contributed by atoms with Crippen LogP contribution < -0.4 is 5.63 Å². The Labute approximate surface area is 199 Å². The molecule has 2 aromatic carbocycles. The number of rotatable bonds is 12. The van der Waals surface area contributed by atoms with Crippen LogP contribution in [0.5, 0.6) is 11.5 Å². The van der Waals surface area contributed by atoms with Gasteiger partial charge in [-0.15, -0.1) is 0 Å². The summed E-state index contributed by atoms with van der Waals surface area (Å²) in [6.07, 6.45) is 11.0. The van der Waals surface area contributed by atoms with Gasteiger partial charge < -0.3 is 19.4 Å². The molecular formula is C28H32O6. The predicted molar refractivity (Wildman–Crippen MR) is 133 cm³/mol. The minimum atomic E-state index is -0.691. The molecule has 1 aromatic heterocycles. The summed E-state index contributed by atoms with van der Waals surface area (Å²) in [5.41, 5.74) is 0.630. The van der Waals surface area contributed by atoms with Crippen molar-refractivity contribution in [2.45, 2.75) is 58.3 Å². The Morgan fingerprint density at radius 3 is 2.56 bits per heavy atom. The Balaban J connectivity index is 1.62. The van der Waals surface area contributed by atoms with E-state index in [0.717, 1.165) is 44.1 Å². The topological polar surface area (TPSA) is 97.0 Å². The third-order valence-electron chi connectivity index (χ3n) is 5.70. The number of carbonyl (C=O) groups excluding carboxylic acids is 1. The summed E-state index contributed by atoms with van der Waals surface area (Å²) in [5.74, 6) is -0.562. The summed E-state index contributed by atoms with van der Waals surface area (Å²) >= 11 is 0. The molecule has 1 heterocycles. The van der Waals surface area contributed by atoms with Crippen molar-refractivity contribution >= 4 is 23.0 Å². The van der Waals surface area contributed by atoms with Crippen LogP contribution in [0, 0.1) is 0 Å². The maximum absolute atomic E-state index is 12.6. The summed E-state index contributed by atoms with van der Waals surface area (Å²) in [5, 5.41) is 20.3. The Bertz CT molecular complexity index is 1170. The number of para-hydroxylation sites is 1. The van der Waals surface area contributed by atoms with Crippen LogP contribution in [0.3, 0.4) is 0 Å². The van der Waals surface area contributed by atoms with Gasteiger partial charge in [0.1, 0.15) is 22.6 Å². The van der Waals surface area contributed by atoms with Crippen LogP contribution in [0.4, 0.5) is 0 Å². The van der Waals surface area contributed by atoms with Crippen LogP contribution in [-0.4, -0.2) is 22.8 Å². The summed E-state index contributed by atoms with van der Waals surface area (Å²) in [7, 11) is 0. The SMILES string of the molecule is CCCCCCC=Cc1c(O)c2cccc(C(=O)OCCCCc3ccc(O)cc3)c2oc1=O. The zero-order valence-corrected chi connectivity index (χ0v) is 19.6. The molecular weight excluding hydrogens is 432 g/mol. The molecule has 34 heavy (non-hydrogen) atoms. The number of hydrogen-bond acceptors (Lipinski definition) is 6. The van der Waals surface area contributed by atoms with Crippen LogP contribution >= 0.6 is 0 Å². The molecule has 0 atom stereocenters. The zero-order valence-electron chi connectivity index (χ0n) is 19.6. The second-order valence-corrected chi connectivity index (χ2v) is 8.35. The number of hydrogen-bond donors (Lipinski definition) is 2. The number of carbonyl (C=O) groups is 1. The number of allylic oxidation sites excluding steroid dienone is 1. The number of unbranched alkanes of at least 4 members (excludes halogenated alkanes) is 5. The lowest BCUT2D eigenvalue weighted by Gasteiger charge is -2.09. The molecule has 0 aliphatic carbocycles. The average molecular weight is 465 g/mol. The summed E-state index contributed by atoms with van der Waals surface area (Å²) < 4.78 is 10.8. The first-order valence-corrected chi connectivity index (χ1v) is 11.9. The van der Waals surface area contributed by atoms with Gasteiger partial charge in [-0.25, -0.2) is 9.59 Å². The van der Waals surface area contributed by atoms with E-state index in [-0.39, 0.29) is 34.8 Å². The van der Waals surface area contributed by atoms with Crippen molar-refractivity contribution in [3.05, 3.63) is 75.7 Å². The molecule has 6 nitrogen and oxygen atoms in total. The normalized spacial score (nSPS) is 11.3. The van der Waals surface area contributed by atoms with Crippen molar-refractivity contribution in [3.63, 3.8) is 0 Å². The number of aryl methyl sites for hydroxylation is 1. The molecule has 3 rings (SSSR count). The van der Waals surface area contributed by atoms with E-state index in [1.54, 1.807) is 30.3 Å². The van der Waals surface area contributed by atoms with E-state index in [0.29, 0.717) is 11.8 Å². The Kier molecular flexibility index (Phi) is 9.32. The van der Waals surface area contributed by atoms with Crippen molar-refractivity contribution in [2.75, 3.05) is 6.61 Å². The van der Waals surface area contributed by atoms with Gasteiger partial charge in [0.25, 0.3) is 0 Å². The molecule has 0 aliphatic rings. The van der Waals surface area contributed by atoms with E-state index >= 15 is 0 Å². The van der Waals surface area contributed by atoms with Gasteiger partial charge in [-0.1, -0.05) is 50.5 Å². The number of fused-ring (bicyclic) bond motifs is 1. The van der Waals surface area contributed by atoms with Gasteiger partial charge in [-0.2, -0.15) is 0 Å². The quantitative estimate of drug-likeness (QED) is 0.184. The minimum Gasteiger partial charge on any atom is -0.508 e. The molecule has 0 radical (unpaired) electrons. The van der Waals surface area contributed by atoms with Crippen molar-refractivity contribution in [3.8, 4) is 11.5 Å². The molecule has 0 fully saturated rings. The lowest BCUT2D eigenvalue weighted by Crippen LogP contribution is -2.10. The number of esters is 1. The fourth-order valence-electron chi connectivity index (χ4n) is 3.76. The summed E-state index contributed by atoms with van der Waals surface area (Å²) in [6.45, 7) is 2.38. The van der Waals surface area contributed by atoms with E-state index in [2.05, 4.69) is 6.92 Å².